The Bertz CT molecular complexity index is 848. The van der Waals surface area contributed by atoms with Crippen molar-refractivity contribution in [3.63, 3.8) is 0 Å². The second kappa shape index (κ2) is 12.0. The van der Waals surface area contributed by atoms with E-state index in [4.69, 9.17) is 18.9 Å². The lowest BCUT2D eigenvalue weighted by molar-refractivity contribution is 0.151. The molecule has 32 heavy (non-hydrogen) atoms. The van der Waals surface area contributed by atoms with Gasteiger partial charge in [-0.2, -0.15) is 0 Å². The smallest absolute Gasteiger partial charge is 0.415 e. The van der Waals surface area contributed by atoms with Crippen LogP contribution < -0.4 is 18.9 Å². The minimum absolute atomic E-state index is 0.232. The molecule has 2 aromatic rings. The maximum Gasteiger partial charge on any atom is 0.415 e. The van der Waals surface area contributed by atoms with Gasteiger partial charge in [-0.3, -0.25) is 0 Å². The first-order chi connectivity index (χ1) is 15.5. The second-order valence-corrected chi connectivity index (χ2v) is 6.81. The Hall–Kier alpha value is -3.16. The van der Waals surface area contributed by atoms with E-state index in [1.807, 2.05) is 53.7 Å². The molecule has 0 unspecified atom stereocenters. The summed E-state index contributed by atoms with van der Waals surface area (Å²) in [5, 5.41) is 1.17. The first-order valence-electron chi connectivity index (χ1n) is 11.2. The third-order valence-electron chi connectivity index (χ3n) is 5.03. The number of amides is 2. The molecule has 0 radical (unpaired) electrons. The van der Waals surface area contributed by atoms with Gasteiger partial charge < -0.3 is 28.7 Å². The quantitative estimate of drug-likeness (QED) is 0.492. The van der Waals surface area contributed by atoms with Crippen molar-refractivity contribution >= 4 is 23.0 Å². The van der Waals surface area contributed by atoms with Crippen LogP contribution in [-0.4, -0.2) is 61.4 Å². The first-order valence-corrected chi connectivity index (χ1v) is 11.2. The monoisotopic (exact) mass is 446 g/mol. The summed E-state index contributed by atoms with van der Waals surface area (Å²) < 4.78 is 23.4. The van der Waals surface area contributed by atoms with Gasteiger partial charge in [0.05, 0.1) is 13.2 Å². The van der Waals surface area contributed by atoms with Gasteiger partial charge in [0.15, 0.2) is 11.5 Å². The van der Waals surface area contributed by atoms with Crippen molar-refractivity contribution in [2.75, 3.05) is 39.4 Å². The van der Waals surface area contributed by atoms with E-state index in [1.54, 1.807) is 21.9 Å². The van der Waals surface area contributed by atoms with Crippen LogP contribution in [0.3, 0.4) is 0 Å². The van der Waals surface area contributed by atoms with Crippen LogP contribution in [0.5, 0.6) is 23.0 Å². The van der Waals surface area contributed by atoms with E-state index in [1.165, 1.54) is 0 Å². The highest BCUT2D eigenvalue weighted by molar-refractivity contribution is 6.01. The van der Waals surface area contributed by atoms with E-state index >= 15 is 0 Å². The SMILES string of the molecule is CCOc1c(OCC)c(OC(=O)N(CC)CC)c2ccccc2c1OC(=O)N(CC)CC. The number of fused-ring (bicyclic) bond motifs is 1. The van der Waals surface area contributed by atoms with Crippen LogP contribution in [0.15, 0.2) is 24.3 Å². The van der Waals surface area contributed by atoms with Crippen molar-refractivity contribution in [3.8, 4) is 23.0 Å². The number of rotatable bonds is 10. The van der Waals surface area contributed by atoms with Gasteiger partial charge in [-0.25, -0.2) is 9.59 Å². The fraction of sp³-hybridized carbons (Fsp3) is 0.500. The molecular weight excluding hydrogens is 412 g/mol. The largest absolute Gasteiger partial charge is 0.487 e. The number of carbonyl (C=O) groups is 2. The van der Waals surface area contributed by atoms with Crippen LogP contribution >= 0.6 is 0 Å². The summed E-state index contributed by atoms with van der Waals surface area (Å²) >= 11 is 0. The first kappa shape index (κ1) is 25.1. The number of carbonyl (C=O) groups excluding carboxylic acids is 2. The van der Waals surface area contributed by atoms with Gasteiger partial charge in [0, 0.05) is 37.0 Å². The van der Waals surface area contributed by atoms with Gasteiger partial charge in [-0.1, -0.05) is 24.3 Å². The van der Waals surface area contributed by atoms with Gasteiger partial charge in [-0.05, 0) is 41.5 Å². The molecule has 8 heteroatoms. The predicted molar refractivity (Wildman–Crippen MR) is 124 cm³/mol. The molecule has 2 rings (SSSR count). The Morgan fingerprint density at radius 1 is 0.625 bits per heavy atom. The Morgan fingerprint density at radius 3 is 1.25 bits per heavy atom. The Morgan fingerprint density at radius 2 is 0.969 bits per heavy atom. The Balaban J connectivity index is 2.75. The third kappa shape index (κ3) is 5.36. The van der Waals surface area contributed by atoms with Crippen molar-refractivity contribution in [2.24, 2.45) is 0 Å². The summed E-state index contributed by atoms with van der Waals surface area (Å²) in [6.45, 7) is 13.8. The van der Waals surface area contributed by atoms with E-state index in [-0.39, 0.29) is 23.0 Å². The standard InChI is InChI=1S/C24H34N2O6/c1-7-25(8-2)23(27)31-19-17-15-13-14-16-18(17)20(32-24(28)26(9-3)10-4)22(30-12-6)21(19)29-11-5/h13-16H,7-12H2,1-6H3. The van der Waals surface area contributed by atoms with E-state index < -0.39 is 12.2 Å². The molecule has 0 aliphatic rings. The highest BCUT2D eigenvalue weighted by Crippen LogP contribution is 2.51. The molecule has 0 aliphatic carbocycles. The molecule has 0 bridgehead atoms. The van der Waals surface area contributed by atoms with Crippen LogP contribution in [0.2, 0.25) is 0 Å². The predicted octanol–water partition coefficient (Wildman–Crippen LogP) is 5.32. The van der Waals surface area contributed by atoms with Gasteiger partial charge in [0.2, 0.25) is 11.5 Å². The maximum absolute atomic E-state index is 12.8. The van der Waals surface area contributed by atoms with Crippen LogP contribution in [0.1, 0.15) is 41.5 Å². The molecule has 0 N–H and O–H groups in total. The number of ether oxygens (including phenoxy) is 4. The zero-order chi connectivity index (χ0) is 23.7. The fourth-order valence-corrected chi connectivity index (χ4v) is 3.35. The molecule has 0 fully saturated rings. The zero-order valence-corrected chi connectivity index (χ0v) is 19.9. The lowest BCUT2D eigenvalue weighted by Crippen LogP contribution is -2.33. The summed E-state index contributed by atoms with van der Waals surface area (Å²) in [5.41, 5.74) is 0. The molecule has 0 aliphatic heterocycles. The zero-order valence-electron chi connectivity index (χ0n) is 19.9. The molecule has 8 nitrogen and oxygen atoms in total. The van der Waals surface area contributed by atoms with Crippen LogP contribution in [0.4, 0.5) is 9.59 Å². The molecule has 0 aromatic heterocycles. The van der Waals surface area contributed by atoms with Crippen LogP contribution in [0.25, 0.3) is 10.8 Å². The molecule has 0 saturated heterocycles. The van der Waals surface area contributed by atoms with E-state index in [9.17, 15) is 9.59 Å². The van der Waals surface area contributed by atoms with Crippen molar-refractivity contribution in [1.82, 2.24) is 9.80 Å². The van der Waals surface area contributed by atoms with Gasteiger partial charge in [-0.15, -0.1) is 0 Å². The van der Waals surface area contributed by atoms with Gasteiger partial charge in [0.25, 0.3) is 0 Å². The lowest BCUT2D eigenvalue weighted by atomic mass is 10.1. The maximum atomic E-state index is 12.8. The number of hydrogen-bond acceptors (Lipinski definition) is 6. The molecule has 2 amide bonds. The summed E-state index contributed by atoms with van der Waals surface area (Å²) in [6, 6.07) is 7.24. The summed E-state index contributed by atoms with van der Waals surface area (Å²) in [7, 11) is 0. The van der Waals surface area contributed by atoms with Crippen LogP contribution in [-0.2, 0) is 0 Å². The topological polar surface area (TPSA) is 77.5 Å². The molecular formula is C24H34N2O6. The van der Waals surface area contributed by atoms with E-state index in [0.29, 0.717) is 50.2 Å². The average Bonchev–Trinajstić information content (AvgIpc) is 2.80. The highest BCUT2D eigenvalue weighted by Gasteiger charge is 2.29. The summed E-state index contributed by atoms with van der Waals surface area (Å²) in [5.74, 6) is 0.947. The molecule has 2 aromatic carbocycles. The number of benzene rings is 2. The molecule has 0 saturated carbocycles. The van der Waals surface area contributed by atoms with E-state index in [2.05, 4.69) is 0 Å². The summed E-state index contributed by atoms with van der Waals surface area (Å²) in [6.07, 6.45) is -0.979. The average molecular weight is 447 g/mol. The van der Waals surface area contributed by atoms with Crippen molar-refractivity contribution < 1.29 is 28.5 Å². The minimum atomic E-state index is -0.489. The third-order valence-corrected chi connectivity index (χ3v) is 5.03. The number of nitrogens with zero attached hydrogens (tertiary/aromatic N) is 2. The van der Waals surface area contributed by atoms with Crippen molar-refractivity contribution in [2.45, 2.75) is 41.5 Å². The Kier molecular flexibility index (Phi) is 9.43. The lowest BCUT2D eigenvalue weighted by Gasteiger charge is -2.24. The van der Waals surface area contributed by atoms with Gasteiger partial charge >= 0.3 is 12.2 Å². The highest BCUT2D eigenvalue weighted by atomic mass is 16.6. The van der Waals surface area contributed by atoms with E-state index in [0.717, 1.165) is 0 Å². The molecule has 0 spiro atoms. The van der Waals surface area contributed by atoms with Crippen LogP contribution in [0, 0.1) is 0 Å². The second-order valence-electron chi connectivity index (χ2n) is 6.81. The fourth-order valence-electron chi connectivity index (χ4n) is 3.35. The normalized spacial score (nSPS) is 10.6. The summed E-state index contributed by atoms with van der Waals surface area (Å²) in [4.78, 5) is 28.7. The van der Waals surface area contributed by atoms with Crippen molar-refractivity contribution in [1.29, 1.82) is 0 Å². The Labute approximate surface area is 190 Å². The number of hydrogen-bond donors (Lipinski definition) is 0. The van der Waals surface area contributed by atoms with Gasteiger partial charge in [0.1, 0.15) is 0 Å². The minimum Gasteiger partial charge on any atom is -0.487 e. The molecule has 0 heterocycles. The van der Waals surface area contributed by atoms with Crippen molar-refractivity contribution in [3.05, 3.63) is 24.3 Å². The molecule has 176 valence electrons. The molecule has 0 atom stereocenters.